The molecule has 1 aromatic carbocycles. The molecule has 3 rings (SSSR count). The summed E-state index contributed by atoms with van der Waals surface area (Å²) in [5.41, 5.74) is 2.84. The average Bonchev–Trinajstić information content (AvgIpc) is 2.73. The first-order valence-electron chi connectivity index (χ1n) is 6.35. The van der Waals surface area contributed by atoms with Crippen LogP contribution in [-0.2, 0) is 4.79 Å². The summed E-state index contributed by atoms with van der Waals surface area (Å²) in [5.74, 6) is 2.23. The van der Waals surface area contributed by atoms with Crippen molar-refractivity contribution in [1.82, 2.24) is 5.32 Å². The zero-order chi connectivity index (χ0) is 13.4. The maximum Gasteiger partial charge on any atom is 0.246 e. The number of nitrogens with zero attached hydrogens (tertiary/aromatic N) is 1. The van der Waals surface area contributed by atoms with Gasteiger partial charge in [0, 0.05) is 35.8 Å². The first-order chi connectivity index (χ1) is 9.20. The van der Waals surface area contributed by atoms with Crippen molar-refractivity contribution in [2.75, 3.05) is 41.9 Å². The molecule has 2 heterocycles. The summed E-state index contributed by atoms with van der Waals surface area (Å²) in [6, 6.07) is 3.62. The second-order valence-corrected chi connectivity index (χ2v) is 6.33. The van der Waals surface area contributed by atoms with Crippen LogP contribution in [0.4, 0.5) is 11.4 Å². The van der Waals surface area contributed by atoms with Crippen molar-refractivity contribution in [3.8, 4) is 0 Å². The maximum absolute atomic E-state index is 11.8. The minimum Gasteiger partial charge on any atom is -0.369 e. The zero-order valence-corrected chi connectivity index (χ0v) is 12.3. The van der Waals surface area contributed by atoms with Gasteiger partial charge in [0.1, 0.15) is 6.04 Å². The van der Waals surface area contributed by atoms with E-state index in [4.69, 9.17) is 11.6 Å². The molecule has 1 atom stereocenters. The topological polar surface area (TPSA) is 44.4 Å². The molecule has 0 bridgehead atoms. The van der Waals surface area contributed by atoms with Gasteiger partial charge in [-0.1, -0.05) is 11.6 Å². The van der Waals surface area contributed by atoms with Crippen molar-refractivity contribution in [3.05, 3.63) is 22.7 Å². The molecule has 102 valence electrons. The maximum atomic E-state index is 11.8. The molecule has 1 saturated heterocycles. The Kier molecular flexibility index (Phi) is 3.60. The van der Waals surface area contributed by atoms with Crippen molar-refractivity contribution in [1.29, 1.82) is 0 Å². The number of likely N-dealkylation sites (N-methyl/N-ethyl adjacent to an activating group) is 1. The quantitative estimate of drug-likeness (QED) is 0.877. The number of benzene rings is 1. The number of hydrogen-bond donors (Lipinski definition) is 2. The monoisotopic (exact) mass is 297 g/mol. The van der Waals surface area contributed by atoms with E-state index in [0.717, 1.165) is 46.6 Å². The molecule has 0 aliphatic carbocycles. The van der Waals surface area contributed by atoms with E-state index in [0.29, 0.717) is 0 Å². The molecule has 0 radical (unpaired) electrons. The number of amides is 1. The van der Waals surface area contributed by atoms with Crippen LogP contribution < -0.4 is 15.5 Å². The number of anilines is 2. The molecule has 1 aromatic rings. The van der Waals surface area contributed by atoms with Gasteiger partial charge in [0.2, 0.25) is 5.91 Å². The summed E-state index contributed by atoms with van der Waals surface area (Å²) in [4.78, 5) is 14.1. The number of carbonyl (C=O) groups excluding carboxylic acids is 1. The van der Waals surface area contributed by atoms with Crippen LogP contribution in [0.5, 0.6) is 0 Å². The highest BCUT2D eigenvalue weighted by molar-refractivity contribution is 7.99. The Morgan fingerprint density at radius 3 is 2.84 bits per heavy atom. The lowest BCUT2D eigenvalue weighted by atomic mass is 10.1. The second kappa shape index (κ2) is 5.23. The summed E-state index contributed by atoms with van der Waals surface area (Å²) in [6.07, 6.45) is 0. The summed E-state index contributed by atoms with van der Waals surface area (Å²) >= 11 is 8.36. The molecule has 2 aliphatic rings. The van der Waals surface area contributed by atoms with Gasteiger partial charge in [-0.2, -0.15) is 11.8 Å². The van der Waals surface area contributed by atoms with E-state index in [2.05, 4.69) is 15.5 Å². The molecule has 0 spiro atoms. The zero-order valence-electron chi connectivity index (χ0n) is 10.7. The third-order valence-corrected chi connectivity index (χ3v) is 4.84. The third-order valence-electron chi connectivity index (χ3n) is 3.59. The smallest absolute Gasteiger partial charge is 0.246 e. The number of fused-ring (bicyclic) bond motifs is 1. The van der Waals surface area contributed by atoms with Gasteiger partial charge in [-0.05, 0) is 19.2 Å². The Morgan fingerprint density at radius 1 is 1.42 bits per heavy atom. The van der Waals surface area contributed by atoms with Gasteiger partial charge in [0.15, 0.2) is 0 Å². The van der Waals surface area contributed by atoms with Gasteiger partial charge < -0.3 is 15.5 Å². The van der Waals surface area contributed by atoms with Crippen molar-refractivity contribution < 1.29 is 4.79 Å². The van der Waals surface area contributed by atoms with Crippen molar-refractivity contribution in [2.24, 2.45) is 0 Å². The van der Waals surface area contributed by atoms with E-state index in [1.54, 1.807) is 7.05 Å². The normalized spacial score (nSPS) is 22.3. The van der Waals surface area contributed by atoms with Gasteiger partial charge in [0.05, 0.1) is 10.7 Å². The molecular formula is C13H16ClN3OS. The highest BCUT2D eigenvalue weighted by Gasteiger charge is 2.31. The van der Waals surface area contributed by atoms with Crippen LogP contribution in [0.2, 0.25) is 5.02 Å². The fraction of sp³-hybridized carbons (Fsp3) is 0.462. The van der Waals surface area contributed by atoms with Crippen LogP contribution in [0.3, 0.4) is 0 Å². The number of hydrogen-bond acceptors (Lipinski definition) is 4. The molecular weight excluding hydrogens is 282 g/mol. The molecule has 6 heteroatoms. The summed E-state index contributed by atoms with van der Waals surface area (Å²) in [6.45, 7) is 2.01. The molecule has 1 amide bonds. The van der Waals surface area contributed by atoms with Gasteiger partial charge in [0.25, 0.3) is 0 Å². The Hall–Kier alpha value is -0.910. The number of thioether (sulfide) groups is 1. The standard InChI is InChI=1S/C13H16ClN3OS/c1-15-12-8-6-9(14)11(7-10(8)16-13(12)18)17-2-4-19-5-3-17/h6-7,12,15H,2-5H2,1H3,(H,16,18). The summed E-state index contributed by atoms with van der Waals surface area (Å²) in [5, 5.41) is 6.65. The minimum absolute atomic E-state index is 0.0140. The molecule has 2 N–H and O–H groups in total. The largest absolute Gasteiger partial charge is 0.369 e. The number of rotatable bonds is 2. The van der Waals surface area contributed by atoms with Gasteiger partial charge in [-0.15, -0.1) is 0 Å². The molecule has 2 aliphatic heterocycles. The van der Waals surface area contributed by atoms with Crippen molar-refractivity contribution >= 4 is 40.6 Å². The lowest BCUT2D eigenvalue weighted by Crippen LogP contribution is -2.32. The number of halogens is 1. The predicted octanol–water partition coefficient (Wildman–Crippen LogP) is 2.11. The van der Waals surface area contributed by atoms with Gasteiger partial charge in [-0.25, -0.2) is 0 Å². The number of nitrogens with one attached hydrogen (secondary N) is 2. The van der Waals surface area contributed by atoms with E-state index in [1.165, 1.54) is 0 Å². The van der Waals surface area contributed by atoms with Gasteiger partial charge in [-0.3, -0.25) is 4.79 Å². The van der Waals surface area contributed by atoms with Gasteiger partial charge >= 0.3 is 0 Å². The van der Waals surface area contributed by atoms with E-state index in [9.17, 15) is 4.79 Å². The molecule has 0 saturated carbocycles. The fourth-order valence-corrected chi connectivity index (χ4v) is 3.80. The molecule has 1 unspecified atom stereocenters. The van der Waals surface area contributed by atoms with Crippen LogP contribution >= 0.6 is 23.4 Å². The summed E-state index contributed by atoms with van der Waals surface area (Å²) in [7, 11) is 1.78. The van der Waals surface area contributed by atoms with Crippen molar-refractivity contribution in [3.63, 3.8) is 0 Å². The van der Waals surface area contributed by atoms with Crippen LogP contribution in [-0.4, -0.2) is 37.6 Å². The third kappa shape index (κ3) is 2.30. The molecule has 0 aromatic heterocycles. The Balaban J connectivity index is 1.96. The Morgan fingerprint density at radius 2 is 2.16 bits per heavy atom. The van der Waals surface area contributed by atoms with Crippen LogP contribution in [0, 0.1) is 0 Å². The van der Waals surface area contributed by atoms with E-state index in [-0.39, 0.29) is 11.9 Å². The number of carbonyl (C=O) groups is 1. The summed E-state index contributed by atoms with van der Waals surface area (Å²) < 4.78 is 0. The molecule has 1 fully saturated rings. The molecule has 4 nitrogen and oxygen atoms in total. The minimum atomic E-state index is -0.293. The lowest BCUT2D eigenvalue weighted by molar-refractivity contribution is -0.117. The highest BCUT2D eigenvalue weighted by atomic mass is 35.5. The Labute approximate surface area is 121 Å². The first kappa shape index (κ1) is 13.1. The van der Waals surface area contributed by atoms with E-state index >= 15 is 0 Å². The lowest BCUT2D eigenvalue weighted by Gasteiger charge is -2.29. The first-order valence-corrected chi connectivity index (χ1v) is 7.88. The second-order valence-electron chi connectivity index (χ2n) is 4.70. The van der Waals surface area contributed by atoms with E-state index in [1.807, 2.05) is 23.9 Å². The molecule has 19 heavy (non-hydrogen) atoms. The average molecular weight is 298 g/mol. The van der Waals surface area contributed by atoms with E-state index < -0.39 is 0 Å². The van der Waals surface area contributed by atoms with Crippen LogP contribution in [0.25, 0.3) is 0 Å². The Bertz CT molecular complexity index is 517. The fourth-order valence-electron chi connectivity index (χ4n) is 2.60. The van der Waals surface area contributed by atoms with Crippen molar-refractivity contribution in [2.45, 2.75) is 6.04 Å². The highest BCUT2D eigenvalue weighted by Crippen LogP contribution is 2.39. The van der Waals surface area contributed by atoms with Crippen LogP contribution in [0.1, 0.15) is 11.6 Å². The SMILES string of the molecule is CNC1C(=O)Nc2cc(N3CCSCC3)c(Cl)cc21. The predicted molar refractivity (Wildman–Crippen MR) is 81.4 cm³/mol. The van der Waals surface area contributed by atoms with Crippen LogP contribution in [0.15, 0.2) is 12.1 Å².